The fourth-order valence-corrected chi connectivity index (χ4v) is 7.22. The number of carbonyl (C=O) groups excluding carboxylic acids is 6. The van der Waals surface area contributed by atoms with Crippen LogP contribution in [0.5, 0.6) is 0 Å². The van der Waals surface area contributed by atoms with Crippen LogP contribution < -0.4 is 21.3 Å². The van der Waals surface area contributed by atoms with Gasteiger partial charge in [0.05, 0.1) is 13.1 Å². The molecular formula is C41H54N6O13. The molecule has 326 valence electrons. The van der Waals surface area contributed by atoms with Gasteiger partial charge in [-0.3, -0.25) is 9.69 Å². The van der Waals surface area contributed by atoms with E-state index in [0.717, 1.165) is 32.1 Å². The zero-order valence-corrected chi connectivity index (χ0v) is 34.6. The van der Waals surface area contributed by atoms with Gasteiger partial charge in [0, 0.05) is 44.9 Å². The smallest absolute Gasteiger partial charge is 0.410 e. The molecule has 6 amide bonds. The first-order chi connectivity index (χ1) is 28.3. The fraction of sp³-hybridized carbons (Fsp3) is 0.537. The summed E-state index contributed by atoms with van der Waals surface area (Å²) in [6.07, 6.45) is -6.44. The van der Waals surface area contributed by atoms with Crippen LogP contribution in [0, 0.1) is 0 Å². The Morgan fingerprint density at radius 1 is 0.617 bits per heavy atom. The highest BCUT2D eigenvalue weighted by atomic mass is 16.6. The Labute approximate surface area is 347 Å². The molecule has 0 unspecified atom stereocenters. The second-order valence-corrected chi connectivity index (χ2v) is 16.6. The summed E-state index contributed by atoms with van der Waals surface area (Å²) in [6, 6.07) is 12.8. The van der Waals surface area contributed by atoms with E-state index in [9.17, 15) is 38.7 Å². The van der Waals surface area contributed by atoms with Crippen LogP contribution >= 0.6 is 0 Å². The molecule has 5 N–H and O–H groups in total. The highest BCUT2D eigenvalue weighted by Crippen LogP contribution is 2.44. The third-order valence-electron chi connectivity index (χ3n) is 9.62. The molecule has 4 atom stereocenters. The molecule has 2 saturated heterocycles. The monoisotopic (exact) mass is 838 g/mol. The number of carboxylic acid groups (broad SMARTS) is 1. The molecule has 0 saturated carbocycles. The first kappa shape index (κ1) is 44.8. The lowest BCUT2D eigenvalue weighted by Crippen LogP contribution is -2.51. The van der Waals surface area contributed by atoms with Crippen molar-refractivity contribution in [2.45, 2.75) is 95.8 Å². The van der Waals surface area contributed by atoms with Gasteiger partial charge in [-0.1, -0.05) is 48.5 Å². The Hall–Kier alpha value is -6.27. The average molecular weight is 839 g/mol. The van der Waals surface area contributed by atoms with E-state index in [-0.39, 0.29) is 64.6 Å². The Morgan fingerprint density at radius 3 is 1.48 bits per heavy atom. The maximum Gasteiger partial charge on any atom is 0.410 e. The van der Waals surface area contributed by atoms with E-state index in [0.29, 0.717) is 0 Å². The second kappa shape index (κ2) is 19.2. The van der Waals surface area contributed by atoms with Crippen molar-refractivity contribution in [3.8, 4) is 11.1 Å². The summed E-state index contributed by atoms with van der Waals surface area (Å²) in [5.41, 5.74) is 2.55. The van der Waals surface area contributed by atoms with E-state index in [4.69, 9.17) is 23.7 Å². The first-order valence-corrected chi connectivity index (χ1v) is 19.8. The summed E-state index contributed by atoms with van der Waals surface area (Å²) in [6.45, 7) is 9.63. The number of alkyl carbamates (subject to hydrolysis) is 4. The van der Waals surface area contributed by atoms with Gasteiger partial charge >= 0.3 is 36.4 Å². The molecule has 19 nitrogen and oxygen atoms in total. The van der Waals surface area contributed by atoms with Crippen molar-refractivity contribution >= 4 is 42.3 Å². The number of likely N-dealkylation sites (tertiary alicyclic amines) is 2. The van der Waals surface area contributed by atoms with Crippen LogP contribution in [0.25, 0.3) is 11.1 Å². The van der Waals surface area contributed by atoms with Crippen molar-refractivity contribution in [2.24, 2.45) is 0 Å². The molecule has 2 aliphatic heterocycles. The van der Waals surface area contributed by atoms with E-state index < -0.39 is 77.8 Å². The fourth-order valence-electron chi connectivity index (χ4n) is 7.22. The van der Waals surface area contributed by atoms with Crippen molar-refractivity contribution in [3.05, 3.63) is 59.7 Å². The molecule has 1 aliphatic carbocycles. The van der Waals surface area contributed by atoms with Gasteiger partial charge in [-0.15, -0.1) is 0 Å². The molecule has 19 heteroatoms. The van der Waals surface area contributed by atoms with Crippen molar-refractivity contribution in [1.82, 2.24) is 31.1 Å². The Morgan fingerprint density at radius 2 is 1.03 bits per heavy atom. The first-order valence-electron chi connectivity index (χ1n) is 19.8. The van der Waals surface area contributed by atoms with Crippen molar-refractivity contribution in [1.29, 1.82) is 0 Å². The average Bonchev–Trinajstić information content (AvgIpc) is 3.87. The van der Waals surface area contributed by atoms with Gasteiger partial charge in [0.1, 0.15) is 42.1 Å². The molecular weight excluding hydrogens is 784 g/mol. The van der Waals surface area contributed by atoms with Crippen molar-refractivity contribution in [2.75, 3.05) is 45.9 Å². The summed E-state index contributed by atoms with van der Waals surface area (Å²) >= 11 is 0. The number of hydrogen-bond acceptors (Lipinski definition) is 12. The molecule has 0 bridgehead atoms. The van der Waals surface area contributed by atoms with Crippen molar-refractivity contribution < 1.29 is 62.4 Å². The van der Waals surface area contributed by atoms with E-state index in [1.165, 1.54) is 0 Å². The van der Waals surface area contributed by atoms with E-state index in [2.05, 4.69) is 21.3 Å². The van der Waals surface area contributed by atoms with Gasteiger partial charge in [-0.25, -0.2) is 28.8 Å². The number of fused-ring (bicyclic) bond motifs is 3. The number of nitrogens with zero attached hydrogens (tertiary/aromatic N) is 2. The largest absolute Gasteiger partial charge is 0.480 e. The highest BCUT2D eigenvalue weighted by Gasteiger charge is 2.49. The topological polar surface area (TPSA) is 240 Å². The molecule has 2 aromatic carbocycles. The van der Waals surface area contributed by atoms with Crippen LogP contribution in [0.15, 0.2) is 48.5 Å². The minimum Gasteiger partial charge on any atom is -0.480 e. The van der Waals surface area contributed by atoms with Crippen LogP contribution in [-0.4, -0.2) is 139 Å². The Bertz CT molecular complexity index is 1880. The molecule has 3 aliphatic rings. The van der Waals surface area contributed by atoms with Gasteiger partial charge in [-0.2, -0.15) is 0 Å². The number of aliphatic carboxylic acids is 1. The molecule has 2 aromatic rings. The predicted molar refractivity (Wildman–Crippen MR) is 213 cm³/mol. The summed E-state index contributed by atoms with van der Waals surface area (Å²) in [4.78, 5) is 92.0. The molecule has 0 radical (unpaired) electrons. The third-order valence-corrected chi connectivity index (χ3v) is 9.62. The Balaban J connectivity index is 1.23. The van der Waals surface area contributed by atoms with E-state index >= 15 is 0 Å². The lowest BCUT2D eigenvalue weighted by atomic mass is 9.98. The standard InChI is InChI=1S/C41H54N6O13/c1-40(2,3)59-37(53)44-17-15-42-35(51)57-24-19-31(47(22-24)39(55)56-23-30-28-13-9-7-11-26(28)27-12-8-10-14-29(27)30)33(48)46-21-25(20-32(46)34(49)50)58-36(52)43-16-18-45-38(54)60-41(4,5)6/h7-14,24-25,30-32H,15-23H2,1-6H3,(H,42,51)(H,43,52)(H,44,53)(H,45,54)(H,49,50)/t24-,25-,31+,32+/m1/s1. The maximum absolute atomic E-state index is 14.3. The summed E-state index contributed by atoms with van der Waals surface area (Å²) in [7, 11) is 0. The van der Waals surface area contributed by atoms with E-state index in [1.807, 2.05) is 48.5 Å². The third kappa shape index (κ3) is 12.1. The number of benzene rings is 2. The van der Waals surface area contributed by atoms with Crippen LogP contribution in [-0.2, 0) is 33.3 Å². The number of nitrogens with one attached hydrogen (secondary N) is 4. The highest BCUT2D eigenvalue weighted by molar-refractivity contribution is 5.91. The summed E-state index contributed by atoms with van der Waals surface area (Å²) < 4.78 is 27.2. The minimum absolute atomic E-state index is 0.0213. The lowest BCUT2D eigenvalue weighted by Gasteiger charge is -2.29. The number of rotatable bonds is 12. The molecule has 2 heterocycles. The molecule has 60 heavy (non-hydrogen) atoms. The molecule has 0 aromatic heterocycles. The maximum atomic E-state index is 14.3. The molecule has 5 rings (SSSR count). The summed E-state index contributed by atoms with van der Waals surface area (Å²) in [5, 5.41) is 20.1. The van der Waals surface area contributed by atoms with Gasteiger partial charge in [0.2, 0.25) is 5.91 Å². The SMILES string of the molecule is CC(C)(C)OC(=O)NCCNC(=O)O[C@@H]1C[C@@H](C(=O)N2C[C@H](OC(=O)NCCNC(=O)OC(C)(C)C)C[C@H]2C(=O)O)N(C(=O)OCC2c3ccccc3-c3ccccc32)C1. The molecule has 0 spiro atoms. The zero-order valence-electron chi connectivity index (χ0n) is 34.6. The number of ether oxygens (including phenoxy) is 5. The summed E-state index contributed by atoms with van der Waals surface area (Å²) in [5.74, 6) is -2.41. The van der Waals surface area contributed by atoms with Gasteiger partial charge in [0.15, 0.2) is 0 Å². The predicted octanol–water partition coefficient (Wildman–Crippen LogP) is 3.93. The molecule has 2 fully saturated rings. The van der Waals surface area contributed by atoms with Crippen LogP contribution in [0.1, 0.15) is 71.4 Å². The number of carbonyl (C=O) groups is 7. The quantitative estimate of drug-likeness (QED) is 0.151. The van der Waals surface area contributed by atoms with Crippen molar-refractivity contribution in [3.63, 3.8) is 0 Å². The van der Waals surface area contributed by atoms with Crippen LogP contribution in [0.2, 0.25) is 0 Å². The van der Waals surface area contributed by atoms with Gasteiger partial charge in [-0.05, 0) is 63.8 Å². The lowest BCUT2D eigenvalue weighted by molar-refractivity contribution is -0.149. The number of carboxylic acids is 1. The second-order valence-electron chi connectivity index (χ2n) is 16.6. The Kier molecular flexibility index (Phi) is 14.3. The number of amides is 6. The normalized spacial score (nSPS) is 19.6. The minimum atomic E-state index is -1.41. The number of hydrogen-bond donors (Lipinski definition) is 5. The van der Waals surface area contributed by atoms with Gasteiger partial charge in [0.25, 0.3) is 0 Å². The van der Waals surface area contributed by atoms with E-state index in [1.54, 1.807) is 41.5 Å². The van der Waals surface area contributed by atoms with Crippen LogP contribution in [0.3, 0.4) is 0 Å². The van der Waals surface area contributed by atoms with Crippen LogP contribution in [0.4, 0.5) is 24.0 Å². The zero-order chi connectivity index (χ0) is 43.8. The van der Waals surface area contributed by atoms with Gasteiger partial charge < -0.3 is 55.0 Å².